The van der Waals surface area contributed by atoms with Gasteiger partial charge in [-0.1, -0.05) is 0 Å². The molecule has 0 spiro atoms. The third-order valence-corrected chi connectivity index (χ3v) is 1.92. The Morgan fingerprint density at radius 3 is 3.27 bits per heavy atom. The molecule has 0 saturated heterocycles. The van der Waals surface area contributed by atoms with Crippen LogP contribution < -0.4 is 0 Å². The van der Waals surface area contributed by atoms with Gasteiger partial charge in [0.2, 0.25) is 0 Å². The predicted octanol–water partition coefficient (Wildman–Crippen LogP) is 0.768. The van der Waals surface area contributed by atoms with Gasteiger partial charge < -0.3 is 9.67 Å². The second-order valence-electron chi connectivity index (χ2n) is 2.68. The number of imidazole rings is 1. The third kappa shape index (κ3) is 1.62. The molecule has 62 valence electrons. The Hall–Kier alpha value is -0.350. The molecule has 0 saturated carbocycles. The zero-order valence-corrected chi connectivity index (χ0v) is 7.82. The molecule has 0 fully saturated rings. The minimum absolute atomic E-state index is 0. The summed E-state index contributed by atoms with van der Waals surface area (Å²) in [6, 6.07) is 0. The maximum Gasteiger partial charge on any atom is 0.111 e. The average Bonchev–Trinajstić information content (AvgIpc) is 2.33. The van der Waals surface area contributed by atoms with Crippen LogP contribution in [0, 0.1) is 0 Å². The average molecular weight is 219 g/mol. The minimum Gasteiger partial charge on any atom is -0.393 e. The first-order valence-electron chi connectivity index (χ1n) is 3.54. The van der Waals surface area contributed by atoms with Gasteiger partial charge >= 0.3 is 0 Å². The van der Waals surface area contributed by atoms with E-state index in [-0.39, 0.29) is 23.1 Å². The molecule has 11 heavy (non-hydrogen) atoms. The summed E-state index contributed by atoms with van der Waals surface area (Å²) in [5, 5.41) is 9.22. The van der Waals surface area contributed by atoms with Gasteiger partial charge in [-0.25, -0.2) is 4.98 Å². The zero-order valence-electron chi connectivity index (χ0n) is 6.10. The van der Waals surface area contributed by atoms with E-state index in [0.29, 0.717) is 6.42 Å². The van der Waals surface area contributed by atoms with E-state index in [1.165, 1.54) is 0 Å². The van der Waals surface area contributed by atoms with E-state index in [1.54, 1.807) is 6.20 Å². The van der Waals surface area contributed by atoms with Crippen molar-refractivity contribution in [2.75, 3.05) is 0 Å². The van der Waals surface area contributed by atoms with Gasteiger partial charge in [0.1, 0.15) is 5.82 Å². The lowest BCUT2D eigenvalue weighted by molar-refractivity contribution is 0.141. The molecule has 0 bridgehead atoms. The second kappa shape index (κ2) is 3.36. The molecule has 3 nitrogen and oxygen atoms in total. The normalized spacial score (nSPS) is 22.1. The molecule has 0 radical (unpaired) electrons. The van der Waals surface area contributed by atoms with E-state index in [4.69, 9.17) is 0 Å². The number of nitrogens with zero attached hydrogens (tertiary/aromatic N) is 2. The van der Waals surface area contributed by atoms with E-state index < -0.39 is 0 Å². The highest BCUT2D eigenvalue weighted by molar-refractivity contribution is 8.93. The Labute approximate surface area is 75.8 Å². The summed E-state index contributed by atoms with van der Waals surface area (Å²) in [6.45, 7) is 0.913. The van der Waals surface area contributed by atoms with Crippen molar-refractivity contribution in [1.82, 2.24) is 9.55 Å². The van der Waals surface area contributed by atoms with Crippen LogP contribution in [0.5, 0.6) is 0 Å². The first-order chi connectivity index (χ1) is 4.86. The molecule has 2 heterocycles. The maximum absolute atomic E-state index is 9.22. The van der Waals surface area contributed by atoms with Crippen molar-refractivity contribution in [2.24, 2.45) is 0 Å². The smallest absolute Gasteiger partial charge is 0.111 e. The largest absolute Gasteiger partial charge is 0.393 e. The fraction of sp³-hybridized carbons (Fsp3) is 0.571. The van der Waals surface area contributed by atoms with Crippen LogP contribution in [-0.2, 0) is 13.0 Å². The van der Waals surface area contributed by atoms with Crippen molar-refractivity contribution >= 4 is 17.0 Å². The summed E-state index contributed by atoms with van der Waals surface area (Å²) in [4.78, 5) is 4.11. The maximum atomic E-state index is 9.22. The van der Waals surface area contributed by atoms with Crippen molar-refractivity contribution in [3.8, 4) is 0 Å². The van der Waals surface area contributed by atoms with Crippen LogP contribution >= 0.6 is 17.0 Å². The SMILES string of the molecule is Br.OC1CCn2ccnc2C1. The minimum atomic E-state index is -0.171. The van der Waals surface area contributed by atoms with E-state index in [2.05, 4.69) is 9.55 Å². The van der Waals surface area contributed by atoms with E-state index in [1.807, 2.05) is 6.20 Å². The lowest BCUT2D eigenvalue weighted by atomic mass is 10.1. The van der Waals surface area contributed by atoms with Crippen molar-refractivity contribution in [2.45, 2.75) is 25.5 Å². The number of hydrogen-bond donors (Lipinski definition) is 1. The standard InChI is InChI=1S/C7H10N2O.BrH/c10-6-1-3-9-4-2-8-7(9)5-6;/h2,4,6,10H,1,3,5H2;1H. The number of aromatic nitrogens is 2. The molecule has 1 aliphatic heterocycles. The van der Waals surface area contributed by atoms with Crippen molar-refractivity contribution < 1.29 is 5.11 Å². The quantitative estimate of drug-likeness (QED) is 0.699. The molecule has 0 aliphatic carbocycles. The van der Waals surface area contributed by atoms with Crippen LogP contribution in [0.1, 0.15) is 12.2 Å². The highest BCUT2D eigenvalue weighted by Gasteiger charge is 2.15. The molecule has 0 aromatic carbocycles. The van der Waals surface area contributed by atoms with E-state index >= 15 is 0 Å². The summed E-state index contributed by atoms with van der Waals surface area (Å²) in [6.07, 6.45) is 5.15. The lowest BCUT2D eigenvalue weighted by Crippen LogP contribution is -2.22. The van der Waals surface area contributed by atoms with Crippen LogP contribution in [0.4, 0.5) is 0 Å². The van der Waals surface area contributed by atoms with Gasteiger partial charge in [-0.05, 0) is 6.42 Å². The van der Waals surface area contributed by atoms with Crippen LogP contribution in [-0.4, -0.2) is 20.8 Å². The molecule has 4 heteroatoms. The Bertz CT molecular complexity index is 236. The van der Waals surface area contributed by atoms with Gasteiger partial charge in [0.25, 0.3) is 0 Å². The van der Waals surface area contributed by atoms with Gasteiger partial charge in [0, 0.05) is 25.4 Å². The summed E-state index contributed by atoms with van der Waals surface area (Å²) >= 11 is 0. The highest BCUT2D eigenvalue weighted by Crippen LogP contribution is 2.11. The van der Waals surface area contributed by atoms with Crippen LogP contribution in [0.25, 0.3) is 0 Å². The summed E-state index contributed by atoms with van der Waals surface area (Å²) in [5.41, 5.74) is 0. The van der Waals surface area contributed by atoms with Crippen molar-refractivity contribution in [1.29, 1.82) is 0 Å². The summed E-state index contributed by atoms with van der Waals surface area (Å²) in [5.74, 6) is 1.01. The Morgan fingerprint density at radius 1 is 1.64 bits per heavy atom. The van der Waals surface area contributed by atoms with E-state index in [9.17, 15) is 5.11 Å². The van der Waals surface area contributed by atoms with Crippen LogP contribution in [0.15, 0.2) is 12.4 Å². The number of aliphatic hydroxyl groups excluding tert-OH is 1. The number of hydrogen-bond acceptors (Lipinski definition) is 2. The molecule has 1 aromatic heterocycles. The first-order valence-corrected chi connectivity index (χ1v) is 3.54. The fourth-order valence-corrected chi connectivity index (χ4v) is 1.33. The molecule has 1 aliphatic rings. The molecular formula is C7H11BrN2O. The van der Waals surface area contributed by atoms with Gasteiger partial charge in [-0.15, -0.1) is 17.0 Å². The predicted molar refractivity (Wildman–Crippen MR) is 46.9 cm³/mol. The van der Waals surface area contributed by atoms with Crippen molar-refractivity contribution in [3.05, 3.63) is 18.2 Å². The number of aliphatic hydroxyl groups is 1. The topological polar surface area (TPSA) is 38.0 Å². The second-order valence-corrected chi connectivity index (χ2v) is 2.68. The number of aryl methyl sites for hydroxylation is 1. The molecule has 1 aromatic rings. The van der Waals surface area contributed by atoms with Gasteiger partial charge in [-0.3, -0.25) is 0 Å². The molecular weight excluding hydrogens is 208 g/mol. The summed E-state index contributed by atoms with van der Waals surface area (Å²) in [7, 11) is 0. The molecule has 1 N–H and O–H groups in total. The number of halogens is 1. The van der Waals surface area contributed by atoms with E-state index in [0.717, 1.165) is 18.8 Å². The van der Waals surface area contributed by atoms with Gasteiger partial charge in [-0.2, -0.15) is 0 Å². The monoisotopic (exact) mass is 218 g/mol. The zero-order chi connectivity index (χ0) is 6.97. The highest BCUT2D eigenvalue weighted by atomic mass is 79.9. The summed E-state index contributed by atoms with van der Waals surface area (Å²) < 4.78 is 2.09. The molecule has 0 amide bonds. The van der Waals surface area contributed by atoms with Gasteiger partial charge in [0.05, 0.1) is 6.10 Å². The third-order valence-electron chi connectivity index (χ3n) is 1.92. The first kappa shape index (κ1) is 8.74. The van der Waals surface area contributed by atoms with Crippen LogP contribution in [0.3, 0.4) is 0 Å². The lowest BCUT2D eigenvalue weighted by Gasteiger charge is -2.18. The van der Waals surface area contributed by atoms with Gasteiger partial charge in [0.15, 0.2) is 0 Å². The molecule has 2 rings (SSSR count). The molecule has 1 unspecified atom stereocenters. The van der Waals surface area contributed by atoms with Crippen molar-refractivity contribution in [3.63, 3.8) is 0 Å². The fourth-order valence-electron chi connectivity index (χ4n) is 1.33. The molecule has 1 atom stereocenters. The Kier molecular flexibility index (Phi) is 2.67. The van der Waals surface area contributed by atoms with Crippen LogP contribution in [0.2, 0.25) is 0 Å². The Morgan fingerprint density at radius 2 is 2.45 bits per heavy atom. The number of rotatable bonds is 0. The number of fused-ring (bicyclic) bond motifs is 1. The Balaban J connectivity index is 0.000000605.